The Morgan fingerprint density at radius 2 is 1.93 bits per heavy atom. The van der Waals surface area contributed by atoms with Gasteiger partial charge in [0, 0.05) is 25.2 Å². The summed E-state index contributed by atoms with van der Waals surface area (Å²) in [5, 5.41) is 3.04. The Bertz CT molecular complexity index is 975. The first-order valence-corrected chi connectivity index (χ1v) is 9.54. The number of ether oxygens (including phenoxy) is 2. The monoisotopic (exact) mass is 379 g/mol. The SMILES string of the molecule is O=C(NCC1CCN(c2nc3ccccc3o2)CC1)c1ccc2c(c1)OCO2. The summed E-state index contributed by atoms with van der Waals surface area (Å²) < 4.78 is 16.5. The van der Waals surface area contributed by atoms with Crippen LogP contribution in [0.4, 0.5) is 6.01 Å². The fourth-order valence-corrected chi connectivity index (χ4v) is 3.70. The number of hydrogen-bond donors (Lipinski definition) is 1. The minimum atomic E-state index is -0.0836. The molecule has 7 heteroatoms. The summed E-state index contributed by atoms with van der Waals surface area (Å²) >= 11 is 0. The average molecular weight is 379 g/mol. The van der Waals surface area contributed by atoms with Gasteiger partial charge < -0.3 is 24.1 Å². The number of benzene rings is 2. The van der Waals surface area contributed by atoms with Crippen LogP contribution in [0.25, 0.3) is 11.1 Å². The highest BCUT2D eigenvalue weighted by Crippen LogP contribution is 2.32. The quantitative estimate of drug-likeness (QED) is 0.750. The van der Waals surface area contributed by atoms with Gasteiger partial charge >= 0.3 is 0 Å². The number of oxazole rings is 1. The van der Waals surface area contributed by atoms with E-state index in [2.05, 4.69) is 15.2 Å². The lowest BCUT2D eigenvalue weighted by Gasteiger charge is -2.30. The predicted octanol–water partition coefficient (Wildman–Crippen LogP) is 3.20. The lowest BCUT2D eigenvalue weighted by atomic mass is 9.97. The molecular weight excluding hydrogens is 358 g/mol. The number of para-hydroxylation sites is 2. The molecule has 2 aromatic carbocycles. The van der Waals surface area contributed by atoms with Gasteiger partial charge in [-0.3, -0.25) is 4.79 Å². The molecule has 7 nitrogen and oxygen atoms in total. The Kier molecular flexibility index (Phi) is 4.27. The van der Waals surface area contributed by atoms with Crippen LogP contribution in [0.2, 0.25) is 0 Å². The van der Waals surface area contributed by atoms with E-state index in [1.165, 1.54) is 0 Å². The van der Waals surface area contributed by atoms with Crippen LogP contribution in [-0.2, 0) is 0 Å². The molecule has 0 aliphatic carbocycles. The minimum Gasteiger partial charge on any atom is -0.454 e. The molecule has 1 N–H and O–H groups in total. The molecule has 1 fully saturated rings. The summed E-state index contributed by atoms with van der Waals surface area (Å²) in [5.41, 5.74) is 2.29. The van der Waals surface area contributed by atoms with E-state index in [0.29, 0.717) is 35.5 Å². The van der Waals surface area contributed by atoms with Crippen molar-refractivity contribution < 1.29 is 18.7 Å². The van der Waals surface area contributed by atoms with E-state index >= 15 is 0 Å². The number of amides is 1. The number of nitrogens with zero attached hydrogens (tertiary/aromatic N) is 2. The van der Waals surface area contributed by atoms with E-state index in [-0.39, 0.29) is 12.7 Å². The van der Waals surface area contributed by atoms with E-state index < -0.39 is 0 Å². The van der Waals surface area contributed by atoms with Crippen LogP contribution < -0.4 is 19.7 Å². The topological polar surface area (TPSA) is 76.8 Å². The van der Waals surface area contributed by atoms with Crippen molar-refractivity contribution in [3.05, 3.63) is 48.0 Å². The van der Waals surface area contributed by atoms with E-state index in [9.17, 15) is 4.79 Å². The van der Waals surface area contributed by atoms with Gasteiger partial charge in [-0.25, -0.2) is 0 Å². The molecule has 2 aliphatic heterocycles. The molecule has 3 aromatic rings. The van der Waals surface area contributed by atoms with Crippen LogP contribution in [0.5, 0.6) is 11.5 Å². The fourth-order valence-electron chi connectivity index (χ4n) is 3.70. The maximum absolute atomic E-state index is 12.4. The van der Waals surface area contributed by atoms with Gasteiger partial charge in [0.2, 0.25) is 6.79 Å². The number of piperidine rings is 1. The highest BCUT2D eigenvalue weighted by atomic mass is 16.7. The van der Waals surface area contributed by atoms with Gasteiger partial charge in [-0.15, -0.1) is 0 Å². The van der Waals surface area contributed by atoms with Crippen molar-refractivity contribution in [3.63, 3.8) is 0 Å². The smallest absolute Gasteiger partial charge is 0.298 e. The summed E-state index contributed by atoms with van der Waals surface area (Å²) in [5.74, 6) is 1.67. The highest BCUT2D eigenvalue weighted by Gasteiger charge is 2.23. The molecule has 0 unspecified atom stereocenters. The molecule has 0 bridgehead atoms. The molecule has 0 saturated carbocycles. The van der Waals surface area contributed by atoms with Crippen LogP contribution >= 0.6 is 0 Å². The van der Waals surface area contributed by atoms with Crippen LogP contribution in [0, 0.1) is 5.92 Å². The third-order valence-electron chi connectivity index (χ3n) is 5.35. The van der Waals surface area contributed by atoms with E-state index in [4.69, 9.17) is 13.9 Å². The van der Waals surface area contributed by atoms with Crippen molar-refractivity contribution in [1.82, 2.24) is 10.3 Å². The summed E-state index contributed by atoms with van der Waals surface area (Å²) in [7, 11) is 0. The zero-order valence-corrected chi connectivity index (χ0v) is 15.4. The summed E-state index contributed by atoms with van der Waals surface area (Å²) in [6.07, 6.45) is 1.97. The first-order valence-electron chi connectivity index (χ1n) is 9.54. The standard InChI is InChI=1S/C21H21N3O4/c25-20(15-5-6-18-19(11-15)27-13-26-18)22-12-14-7-9-24(10-8-14)21-23-16-3-1-2-4-17(16)28-21/h1-6,11,14H,7-10,12-13H2,(H,22,25). The van der Waals surface area contributed by atoms with Crippen LogP contribution in [-0.4, -0.2) is 37.3 Å². The van der Waals surface area contributed by atoms with Gasteiger partial charge in [0.1, 0.15) is 5.52 Å². The van der Waals surface area contributed by atoms with E-state index in [1.807, 2.05) is 24.3 Å². The number of anilines is 1. The highest BCUT2D eigenvalue weighted by molar-refractivity contribution is 5.94. The van der Waals surface area contributed by atoms with E-state index in [0.717, 1.165) is 37.0 Å². The maximum atomic E-state index is 12.4. The molecular formula is C21H21N3O4. The van der Waals surface area contributed by atoms with Crippen LogP contribution in [0.3, 0.4) is 0 Å². The van der Waals surface area contributed by atoms with Gasteiger partial charge in [-0.1, -0.05) is 12.1 Å². The number of carbonyl (C=O) groups excluding carboxylic acids is 1. The van der Waals surface area contributed by atoms with Gasteiger partial charge in [0.15, 0.2) is 17.1 Å². The predicted molar refractivity (Wildman–Crippen MR) is 104 cm³/mol. The van der Waals surface area contributed by atoms with Crippen molar-refractivity contribution >= 4 is 23.0 Å². The Morgan fingerprint density at radius 3 is 2.79 bits per heavy atom. The average Bonchev–Trinajstić information content (AvgIpc) is 3.38. The number of rotatable bonds is 4. The largest absolute Gasteiger partial charge is 0.454 e. The Labute approximate surface area is 162 Å². The van der Waals surface area contributed by atoms with E-state index in [1.54, 1.807) is 18.2 Å². The number of fused-ring (bicyclic) bond motifs is 2. The summed E-state index contributed by atoms with van der Waals surface area (Å²) in [4.78, 5) is 19.2. The lowest BCUT2D eigenvalue weighted by Crippen LogP contribution is -2.38. The molecule has 2 aliphatic rings. The zero-order chi connectivity index (χ0) is 18.9. The van der Waals surface area contributed by atoms with Crippen LogP contribution in [0.15, 0.2) is 46.9 Å². The molecule has 0 atom stereocenters. The Morgan fingerprint density at radius 1 is 1.11 bits per heavy atom. The third-order valence-corrected chi connectivity index (χ3v) is 5.35. The van der Waals surface area contributed by atoms with Crippen molar-refractivity contribution in [2.45, 2.75) is 12.8 Å². The number of aromatic nitrogens is 1. The first kappa shape index (κ1) is 16.9. The molecule has 144 valence electrons. The second-order valence-corrected chi connectivity index (χ2v) is 7.17. The molecule has 0 radical (unpaired) electrons. The summed E-state index contributed by atoms with van der Waals surface area (Å²) in [6, 6.07) is 13.8. The zero-order valence-electron chi connectivity index (χ0n) is 15.4. The molecule has 1 saturated heterocycles. The number of hydrogen-bond acceptors (Lipinski definition) is 6. The second kappa shape index (κ2) is 7.07. The van der Waals surface area contributed by atoms with Crippen molar-refractivity contribution in [2.24, 2.45) is 5.92 Å². The summed E-state index contributed by atoms with van der Waals surface area (Å²) in [6.45, 7) is 2.61. The minimum absolute atomic E-state index is 0.0836. The van der Waals surface area contributed by atoms with Gasteiger partial charge in [-0.05, 0) is 49.1 Å². The van der Waals surface area contributed by atoms with Crippen molar-refractivity contribution in [3.8, 4) is 11.5 Å². The Balaban J connectivity index is 1.15. The molecule has 0 spiro atoms. The normalized spacial score (nSPS) is 16.5. The maximum Gasteiger partial charge on any atom is 0.298 e. The molecule has 3 heterocycles. The van der Waals surface area contributed by atoms with Gasteiger partial charge in [-0.2, -0.15) is 4.98 Å². The third kappa shape index (κ3) is 3.24. The van der Waals surface area contributed by atoms with Crippen LogP contribution in [0.1, 0.15) is 23.2 Å². The molecule has 28 heavy (non-hydrogen) atoms. The lowest BCUT2D eigenvalue weighted by molar-refractivity contribution is 0.0944. The molecule has 1 amide bonds. The number of nitrogens with one attached hydrogen (secondary N) is 1. The number of carbonyl (C=O) groups is 1. The van der Waals surface area contributed by atoms with Gasteiger partial charge in [0.05, 0.1) is 0 Å². The Hall–Kier alpha value is -3.22. The molecule has 5 rings (SSSR count). The fraction of sp³-hybridized carbons (Fsp3) is 0.333. The van der Waals surface area contributed by atoms with Crippen molar-refractivity contribution in [2.75, 3.05) is 31.3 Å². The molecule has 1 aromatic heterocycles. The van der Waals surface area contributed by atoms with Crippen molar-refractivity contribution in [1.29, 1.82) is 0 Å². The first-order chi connectivity index (χ1) is 13.8. The second-order valence-electron chi connectivity index (χ2n) is 7.17. The van der Waals surface area contributed by atoms with Gasteiger partial charge in [0.25, 0.3) is 11.9 Å².